The van der Waals surface area contributed by atoms with Crippen LogP contribution in [0.1, 0.15) is 13.8 Å². The van der Waals surface area contributed by atoms with E-state index in [0.29, 0.717) is 26.4 Å². The smallest absolute Gasteiger partial charge is 0.111 e. The Morgan fingerprint density at radius 3 is 2.28 bits per heavy atom. The van der Waals surface area contributed by atoms with Crippen LogP contribution >= 0.6 is 0 Å². The highest BCUT2D eigenvalue weighted by atomic mass is 16.5. The van der Waals surface area contributed by atoms with Gasteiger partial charge in [0.05, 0.1) is 32.7 Å². The summed E-state index contributed by atoms with van der Waals surface area (Å²) in [6.45, 7) is 12.7. The van der Waals surface area contributed by atoms with Crippen molar-refractivity contribution in [3.8, 4) is 0 Å². The topological polar surface area (TPSA) is 51.2 Å². The maximum absolute atomic E-state index is 9.56. The molecule has 0 heterocycles. The first-order chi connectivity index (χ1) is 8.74. The van der Waals surface area contributed by atoms with E-state index in [0.717, 1.165) is 19.6 Å². The predicted molar refractivity (Wildman–Crippen MR) is 71.6 cm³/mol. The Labute approximate surface area is 110 Å². The van der Waals surface area contributed by atoms with Crippen LogP contribution in [-0.2, 0) is 14.2 Å². The first-order valence-electron chi connectivity index (χ1n) is 6.52. The summed E-state index contributed by atoms with van der Waals surface area (Å²) in [5.41, 5.74) is 0. The number of aliphatic hydroxyl groups excluding tert-OH is 1. The molecule has 0 bridgehead atoms. The van der Waals surface area contributed by atoms with Crippen LogP contribution in [0.5, 0.6) is 0 Å². The molecule has 0 saturated heterocycles. The second-order valence-corrected chi connectivity index (χ2v) is 3.87. The highest BCUT2D eigenvalue weighted by Gasteiger charge is 2.05. The van der Waals surface area contributed by atoms with Gasteiger partial charge in [0, 0.05) is 6.54 Å². The van der Waals surface area contributed by atoms with Gasteiger partial charge in [0.25, 0.3) is 0 Å². The molecule has 18 heavy (non-hydrogen) atoms. The molecule has 0 spiro atoms. The van der Waals surface area contributed by atoms with Crippen molar-refractivity contribution in [2.75, 3.05) is 52.7 Å². The molecule has 1 atom stereocenters. The van der Waals surface area contributed by atoms with Crippen molar-refractivity contribution < 1.29 is 19.3 Å². The molecule has 5 nitrogen and oxygen atoms in total. The zero-order chi connectivity index (χ0) is 13.6. The fourth-order valence-corrected chi connectivity index (χ4v) is 1.41. The van der Waals surface area contributed by atoms with Crippen molar-refractivity contribution in [3.63, 3.8) is 0 Å². The average Bonchev–Trinajstić information content (AvgIpc) is 2.39. The summed E-state index contributed by atoms with van der Waals surface area (Å²) in [6.07, 6.45) is 0.793. The van der Waals surface area contributed by atoms with E-state index < -0.39 is 6.10 Å². The van der Waals surface area contributed by atoms with Crippen LogP contribution < -0.4 is 0 Å². The van der Waals surface area contributed by atoms with E-state index in [2.05, 4.69) is 25.3 Å². The van der Waals surface area contributed by atoms with Crippen molar-refractivity contribution in [2.45, 2.75) is 20.0 Å². The Balaban J connectivity index is 3.30. The lowest BCUT2D eigenvalue weighted by Gasteiger charge is -2.18. The largest absolute Gasteiger partial charge is 0.499 e. The number of likely N-dealkylation sites (N-methyl/N-ethyl adjacent to an activating group) is 1. The maximum Gasteiger partial charge on any atom is 0.111 e. The monoisotopic (exact) mass is 261 g/mol. The van der Waals surface area contributed by atoms with E-state index in [4.69, 9.17) is 14.2 Å². The number of aliphatic hydroxyl groups is 1. The molecule has 108 valence electrons. The van der Waals surface area contributed by atoms with Crippen molar-refractivity contribution in [2.24, 2.45) is 0 Å². The summed E-state index contributed by atoms with van der Waals surface area (Å²) in [5.74, 6) is 0. The van der Waals surface area contributed by atoms with Gasteiger partial charge in [0.1, 0.15) is 12.7 Å². The Morgan fingerprint density at radius 2 is 1.72 bits per heavy atom. The Kier molecular flexibility index (Phi) is 12.4. The molecular weight excluding hydrogens is 234 g/mol. The van der Waals surface area contributed by atoms with Crippen molar-refractivity contribution in [1.82, 2.24) is 4.90 Å². The lowest BCUT2D eigenvalue weighted by Crippen LogP contribution is -2.29. The number of hydrogen-bond donors (Lipinski definition) is 1. The van der Waals surface area contributed by atoms with Crippen LogP contribution in [0.15, 0.2) is 12.8 Å². The van der Waals surface area contributed by atoms with Gasteiger partial charge < -0.3 is 24.2 Å². The lowest BCUT2D eigenvalue weighted by molar-refractivity contribution is -0.0286. The minimum absolute atomic E-state index is 0.270. The van der Waals surface area contributed by atoms with Gasteiger partial charge >= 0.3 is 0 Å². The van der Waals surface area contributed by atoms with Crippen LogP contribution in [0, 0.1) is 0 Å². The standard InChI is InChI=1S/C13H27NO4/c1-4-14(5-2)7-8-17-11-13(15)12-18-10-9-16-6-3/h6,13,15H,3-5,7-12H2,1-2H3. The molecule has 0 amide bonds. The van der Waals surface area contributed by atoms with Gasteiger partial charge in [0.2, 0.25) is 0 Å². The fraction of sp³-hybridized carbons (Fsp3) is 0.846. The SMILES string of the molecule is C=COCCOCC(O)COCCN(CC)CC. The van der Waals surface area contributed by atoms with E-state index in [1.165, 1.54) is 6.26 Å². The summed E-state index contributed by atoms with van der Waals surface area (Å²) in [7, 11) is 0. The second kappa shape index (κ2) is 12.8. The number of ether oxygens (including phenoxy) is 3. The minimum Gasteiger partial charge on any atom is -0.499 e. The first kappa shape index (κ1) is 17.4. The van der Waals surface area contributed by atoms with Gasteiger partial charge in [0.15, 0.2) is 0 Å². The molecule has 0 aliphatic rings. The van der Waals surface area contributed by atoms with Crippen molar-refractivity contribution >= 4 is 0 Å². The third kappa shape index (κ3) is 10.5. The molecule has 5 heteroatoms. The predicted octanol–water partition coefficient (Wildman–Crippen LogP) is 0.882. The van der Waals surface area contributed by atoms with E-state index in [1.54, 1.807) is 0 Å². The molecule has 0 saturated carbocycles. The molecule has 0 aliphatic carbocycles. The van der Waals surface area contributed by atoms with E-state index >= 15 is 0 Å². The summed E-state index contributed by atoms with van der Waals surface area (Å²) < 4.78 is 15.5. The molecule has 1 unspecified atom stereocenters. The zero-order valence-electron chi connectivity index (χ0n) is 11.6. The van der Waals surface area contributed by atoms with Crippen LogP contribution in [0.4, 0.5) is 0 Å². The molecule has 0 aromatic carbocycles. The average molecular weight is 261 g/mol. The Hall–Kier alpha value is -0.620. The molecule has 0 aliphatic heterocycles. The summed E-state index contributed by atoms with van der Waals surface area (Å²) in [5, 5.41) is 9.56. The van der Waals surface area contributed by atoms with Gasteiger partial charge in [-0.1, -0.05) is 20.4 Å². The second-order valence-electron chi connectivity index (χ2n) is 3.87. The molecular formula is C13H27NO4. The van der Waals surface area contributed by atoms with Crippen LogP contribution in [0.2, 0.25) is 0 Å². The van der Waals surface area contributed by atoms with Gasteiger partial charge in [-0.2, -0.15) is 0 Å². The molecule has 0 fully saturated rings. The third-order valence-corrected chi connectivity index (χ3v) is 2.53. The molecule has 1 N–H and O–H groups in total. The lowest BCUT2D eigenvalue weighted by atomic mass is 10.4. The highest BCUT2D eigenvalue weighted by Crippen LogP contribution is 1.91. The minimum atomic E-state index is -0.578. The van der Waals surface area contributed by atoms with E-state index in [1.807, 2.05) is 0 Å². The van der Waals surface area contributed by atoms with Gasteiger partial charge in [-0.05, 0) is 13.1 Å². The highest BCUT2D eigenvalue weighted by molar-refractivity contribution is 4.54. The Morgan fingerprint density at radius 1 is 1.11 bits per heavy atom. The Bertz CT molecular complexity index is 186. The van der Waals surface area contributed by atoms with Gasteiger partial charge in [-0.3, -0.25) is 0 Å². The maximum atomic E-state index is 9.56. The summed E-state index contributed by atoms with van der Waals surface area (Å²) in [6, 6.07) is 0. The fourth-order valence-electron chi connectivity index (χ4n) is 1.41. The van der Waals surface area contributed by atoms with Crippen LogP contribution in [0.3, 0.4) is 0 Å². The van der Waals surface area contributed by atoms with E-state index in [-0.39, 0.29) is 6.61 Å². The summed E-state index contributed by atoms with van der Waals surface area (Å²) >= 11 is 0. The van der Waals surface area contributed by atoms with Gasteiger partial charge in [-0.15, -0.1) is 0 Å². The number of rotatable bonds is 13. The molecule has 0 rings (SSSR count). The summed E-state index contributed by atoms with van der Waals surface area (Å²) in [4.78, 5) is 2.27. The van der Waals surface area contributed by atoms with E-state index in [9.17, 15) is 5.11 Å². The molecule has 0 aromatic rings. The normalized spacial score (nSPS) is 12.7. The van der Waals surface area contributed by atoms with Crippen LogP contribution in [-0.4, -0.2) is 68.8 Å². The van der Waals surface area contributed by atoms with Crippen LogP contribution in [0.25, 0.3) is 0 Å². The molecule has 0 aromatic heterocycles. The number of hydrogen-bond acceptors (Lipinski definition) is 5. The van der Waals surface area contributed by atoms with Crippen molar-refractivity contribution in [3.05, 3.63) is 12.8 Å². The first-order valence-corrected chi connectivity index (χ1v) is 6.52. The quantitative estimate of drug-likeness (QED) is 0.394. The molecule has 0 radical (unpaired) electrons. The van der Waals surface area contributed by atoms with Gasteiger partial charge in [-0.25, -0.2) is 0 Å². The third-order valence-electron chi connectivity index (χ3n) is 2.53. The number of nitrogens with zero attached hydrogens (tertiary/aromatic N) is 1. The zero-order valence-corrected chi connectivity index (χ0v) is 11.6. The van der Waals surface area contributed by atoms with Crippen molar-refractivity contribution in [1.29, 1.82) is 0 Å².